The van der Waals surface area contributed by atoms with E-state index in [9.17, 15) is 13.2 Å². The maximum atomic E-state index is 13.0. The average molecular weight is 270 g/mol. The molecule has 3 rings (SSSR count). The predicted octanol–water partition coefficient (Wildman–Crippen LogP) is 2.97. The van der Waals surface area contributed by atoms with Gasteiger partial charge in [0.05, 0.1) is 10.9 Å². The first-order valence-corrected chi connectivity index (χ1v) is 6.21. The number of rotatable bonds is 1. The number of hydrogen-bond acceptors (Lipinski definition) is 3. The zero-order chi connectivity index (χ0) is 13.5. The van der Waals surface area contributed by atoms with Crippen molar-refractivity contribution in [2.24, 2.45) is 0 Å². The second-order valence-corrected chi connectivity index (χ2v) is 4.67. The molecule has 1 aliphatic heterocycles. The molecule has 1 saturated heterocycles. The van der Waals surface area contributed by atoms with Crippen LogP contribution in [0.15, 0.2) is 12.5 Å². The minimum Gasteiger partial charge on any atom is -0.356 e. The molecule has 0 saturated carbocycles. The zero-order valence-corrected chi connectivity index (χ0v) is 10.2. The number of piperidine rings is 1. The summed E-state index contributed by atoms with van der Waals surface area (Å²) in [5.41, 5.74) is -0.452. The van der Waals surface area contributed by atoms with Gasteiger partial charge in [-0.15, -0.1) is 0 Å². The molecule has 3 heterocycles. The number of H-pyrrole nitrogens is 1. The molecule has 1 aliphatic rings. The van der Waals surface area contributed by atoms with Crippen LogP contribution in [-0.2, 0) is 6.18 Å². The van der Waals surface area contributed by atoms with Crippen molar-refractivity contribution in [1.29, 1.82) is 0 Å². The predicted molar refractivity (Wildman–Crippen MR) is 65.0 cm³/mol. The Bertz CT molecular complexity index is 584. The molecule has 0 bridgehead atoms. The van der Waals surface area contributed by atoms with Crippen LogP contribution in [-0.4, -0.2) is 28.0 Å². The monoisotopic (exact) mass is 270 g/mol. The fourth-order valence-corrected chi connectivity index (χ4v) is 2.52. The van der Waals surface area contributed by atoms with Crippen LogP contribution in [0.5, 0.6) is 0 Å². The smallest absolute Gasteiger partial charge is 0.356 e. The second kappa shape index (κ2) is 4.40. The van der Waals surface area contributed by atoms with Crippen molar-refractivity contribution in [3.05, 3.63) is 18.1 Å². The number of alkyl halides is 3. The van der Waals surface area contributed by atoms with E-state index in [2.05, 4.69) is 15.0 Å². The number of nitrogens with zero attached hydrogens (tertiary/aromatic N) is 3. The normalized spacial score (nSPS) is 17.1. The van der Waals surface area contributed by atoms with Crippen LogP contribution in [0.2, 0.25) is 0 Å². The second-order valence-electron chi connectivity index (χ2n) is 4.67. The van der Waals surface area contributed by atoms with Gasteiger partial charge < -0.3 is 9.88 Å². The fourth-order valence-electron chi connectivity index (χ4n) is 2.52. The van der Waals surface area contributed by atoms with Gasteiger partial charge in [0.25, 0.3) is 0 Å². The lowest BCUT2D eigenvalue weighted by molar-refractivity contribution is -0.136. The lowest BCUT2D eigenvalue weighted by Crippen LogP contribution is -2.30. The quantitative estimate of drug-likeness (QED) is 0.866. The molecule has 0 aliphatic carbocycles. The number of fused-ring (bicyclic) bond motifs is 1. The first-order chi connectivity index (χ1) is 9.07. The van der Waals surface area contributed by atoms with Crippen LogP contribution in [0.3, 0.4) is 0 Å². The van der Waals surface area contributed by atoms with Crippen molar-refractivity contribution in [3.8, 4) is 0 Å². The molecule has 19 heavy (non-hydrogen) atoms. The molecule has 2 aromatic heterocycles. The summed E-state index contributed by atoms with van der Waals surface area (Å²) >= 11 is 0. The molecular weight excluding hydrogens is 257 g/mol. The Balaban J connectivity index is 2.15. The fraction of sp³-hybridized carbons (Fsp3) is 0.500. The first-order valence-electron chi connectivity index (χ1n) is 6.21. The molecule has 0 unspecified atom stereocenters. The van der Waals surface area contributed by atoms with Crippen molar-refractivity contribution in [1.82, 2.24) is 15.0 Å². The maximum Gasteiger partial charge on any atom is 0.418 e. The molecule has 0 aromatic carbocycles. The van der Waals surface area contributed by atoms with Gasteiger partial charge in [-0.05, 0) is 19.3 Å². The highest BCUT2D eigenvalue weighted by Crippen LogP contribution is 2.38. The zero-order valence-electron chi connectivity index (χ0n) is 10.2. The molecular formula is C12H13F3N4. The Labute approximate surface area is 107 Å². The highest BCUT2D eigenvalue weighted by Gasteiger charge is 2.36. The van der Waals surface area contributed by atoms with E-state index in [-0.39, 0.29) is 11.0 Å². The van der Waals surface area contributed by atoms with Gasteiger partial charge in [0.15, 0.2) is 0 Å². The van der Waals surface area contributed by atoms with Crippen molar-refractivity contribution in [3.63, 3.8) is 0 Å². The van der Waals surface area contributed by atoms with E-state index in [1.54, 1.807) is 0 Å². The van der Waals surface area contributed by atoms with E-state index in [0.29, 0.717) is 5.82 Å². The largest absolute Gasteiger partial charge is 0.418 e. The summed E-state index contributed by atoms with van der Waals surface area (Å²) in [7, 11) is 0. The molecule has 0 atom stereocenters. The Kier molecular flexibility index (Phi) is 2.83. The lowest BCUT2D eigenvalue weighted by atomic mass is 10.1. The summed E-state index contributed by atoms with van der Waals surface area (Å²) in [5, 5.41) is 0.0805. The Morgan fingerprint density at radius 1 is 1.11 bits per heavy atom. The summed E-state index contributed by atoms with van der Waals surface area (Å²) < 4.78 is 39.0. The van der Waals surface area contributed by atoms with Gasteiger partial charge in [0, 0.05) is 19.3 Å². The van der Waals surface area contributed by atoms with Crippen LogP contribution in [0.4, 0.5) is 19.0 Å². The van der Waals surface area contributed by atoms with Gasteiger partial charge in [-0.3, -0.25) is 0 Å². The van der Waals surface area contributed by atoms with Crippen LogP contribution in [0.25, 0.3) is 11.0 Å². The maximum absolute atomic E-state index is 13.0. The third kappa shape index (κ3) is 2.13. The number of aromatic amines is 1. The molecule has 0 amide bonds. The summed E-state index contributed by atoms with van der Waals surface area (Å²) in [5.74, 6) is 0.387. The number of anilines is 1. The van der Waals surface area contributed by atoms with Gasteiger partial charge in [-0.2, -0.15) is 13.2 Å². The van der Waals surface area contributed by atoms with E-state index in [1.807, 2.05) is 4.90 Å². The van der Waals surface area contributed by atoms with E-state index in [4.69, 9.17) is 0 Å². The summed E-state index contributed by atoms with van der Waals surface area (Å²) in [6, 6.07) is 0. The van der Waals surface area contributed by atoms with Crippen LogP contribution in [0.1, 0.15) is 24.8 Å². The number of halogens is 3. The molecule has 4 nitrogen and oxygen atoms in total. The molecule has 7 heteroatoms. The van der Waals surface area contributed by atoms with E-state index in [1.165, 1.54) is 6.33 Å². The van der Waals surface area contributed by atoms with Gasteiger partial charge in [0.1, 0.15) is 17.8 Å². The Morgan fingerprint density at radius 3 is 2.53 bits per heavy atom. The first kappa shape index (κ1) is 12.3. The molecule has 1 fully saturated rings. The summed E-state index contributed by atoms with van der Waals surface area (Å²) in [4.78, 5) is 12.4. The van der Waals surface area contributed by atoms with E-state index >= 15 is 0 Å². The minimum absolute atomic E-state index is 0.0805. The molecule has 2 aromatic rings. The van der Waals surface area contributed by atoms with Crippen molar-refractivity contribution in [2.75, 3.05) is 18.0 Å². The standard InChI is InChI=1S/C12H13F3N4/c13-12(14,15)8-6-16-10-9(8)11(18-7-17-10)19-4-2-1-3-5-19/h6-7H,1-5H2,(H,16,17,18). The third-order valence-electron chi connectivity index (χ3n) is 3.41. The Morgan fingerprint density at radius 2 is 1.84 bits per heavy atom. The third-order valence-corrected chi connectivity index (χ3v) is 3.41. The van der Waals surface area contributed by atoms with Gasteiger partial charge in [-0.1, -0.05) is 0 Å². The van der Waals surface area contributed by atoms with Crippen LogP contribution in [0, 0.1) is 0 Å². The van der Waals surface area contributed by atoms with E-state index in [0.717, 1.165) is 38.5 Å². The highest BCUT2D eigenvalue weighted by atomic mass is 19.4. The Hall–Kier alpha value is -1.79. The van der Waals surface area contributed by atoms with Crippen LogP contribution >= 0.6 is 0 Å². The lowest BCUT2D eigenvalue weighted by Gasteiger charge is -2.28. The van der Waals surface area contributed by atoms with E-state index < -0.39 is 11.7 Å². The van der Waals surface area contributed by atoms with Crippen molar-refractivity contribution < 1.29 is 13.2 Å². The highest BCUT2D eigenvalue weighted by molar-refractivity contribution is 5.91. The average Bonchev–Trinajstić information content (AvgIpc) is 2.83. The molecule has 0 radical (unpaired) electrons. The van der Waals surface area contributed by atoms with Gasteiger partial charge in [-0.25, -0.2) is 9.97 Å². The number of aromatic nitrogens is 3. The number of hydrogen-bond donors (Lipinski definition) is 1. The topological polar surface area (TPSA) is 44.8 Å². The molecule has 0 spiro atoms. The summed E-state index contributed by atoms with van der Waals surface area (Å²) in [6.07, 6.45) is 0.960. The van der Waals surface area contributed by atoms with Gasteiger partial charge >= 0.3 is 6.18 Å². The number of nitrogens with one attached hydrogen (secondary N) is 1. The molecule has 1 N–H and O–H groups in total. The van der Waals surface area contributed by atoms with Crippen molar-refractivity contribution in [2.45, 2.75) is 25.4 Å². The van der Waals surface area contributed by atoms with Crippen LogP contribution < -0.4 is 4.90 Å². The summed E-state index contributed by atoms with van der Waals surface area (Å²) in [6.45, 7) is 1.49. The molecule has 102 valence electrons. The van der Waals surface area contributed by atoms with Crippen molar-refractivity contribution >= 4 is 16.9 Å². The minimum atomic E-state index is -4.40. The van der Waals surface area contributed by atoms with Gasteiger partial charge in [0.2, 0.25) is 0 Å². The SMILES string of the molecule is FC(F)(F)c1c[nH]c2ncnc(N3CCCCC3)c12.